The van der Waals surface area contributed by atoms with Crippen LogP contribution in [0, 0.1) is 0 Å². The van der Waals surface area contributed by atoms with Crippen LogP contribution in [-0.2, 0) is 4.79 Å². The van der Waals surface area contributed by atoms with Gasteiger partial charge in [0.15, 0.2) is 11.5 Å². The zero-order valence-electron chi connectivity index (χ0n) is 11.5. The normalized spacial score (nSPS) is 10.6. The number of methoxy groups -OCH3 is 1. The van der Waals surface area contributed by atoms with Gasteiger partial charge >= 0.3 is 5.97 Å². The Morgan fingerprint density at radius 1 is 1.50 bits per heavy atom. The summed E-state index contributed by atoms with van der Waals surface area (Å²) < 4.78 is 10.9. The summed E-state index contributed by atoms with van der Waals surface area (Å²) in [5.41, 5.74) is 1.55. The van der Waals surface area contributed by atoms with Crippen LogP contribution in [0.5, 0.6) is 11.5 Å². The van der Waals surface area contributed by atoms with Crippen LogP contribution in [0.3, 0.4) is 0 Å². The molecule has 0 unspecified atom stereocenters. The van der Waals surface area contributed by atoms with E-state index in [1.165, 1.54) is 13.2 Å². The fraction of sp³-hybridized carbons (Fsp3) is 0.267. The molecule has 108 valence electrons. The summed E-state index contributed by atoms with van der Waals surface area (Å²) in [4.78, 5) is 10.6. The van der Waals surface area contributed by atoms with Crippen molar-refractivity contribution in [2.75, 3.05) is 13.7 Å². The molecule has 0 bridgehead atoms. The van der Waals surface area contributed by atoms with E-state index >= 15 is 0 Å². The molecule has 0 atom stereocenters. The Labute approximate surface area is 123 Å². The highest BCUT2D eigenvalue weighted by Crippen LogP contribution is 2.35. The number of benzene rings is 1. The van der Waals surface area contributed by atoms with Crippen LogP contribution < -0.4 is 9.47 Å². The van der Waals surface area contributed by atoms with Crippen LogP contribution in [0.25, 0.3) is 6.08 Å². The summed E-state index contributed by atoms with van der Waals surface area (Å²) in [5.74, 6) is -0.114. The molecule has 0 radical (unpaired) electrons. The SMILES string of the molecule is C=C(C)CCOc1c(/C=C/C(=O)O)cc(Cl)cc1OC. The lowest BCUT2D eigenvalue weighted by Crippen LogP contribution is -2.01. The summed E-state index contributed by atoms with van der Waals surface area (Å²) in [6.45, 7) is 6.14. The van der Waals surface area contributed by atoms with Gasteiger partial charge in [0.05, 0.1) is 13.7 Å². The van der Waals surface area contributed by atoms with E-state index in [0.29, 0.717) is 35.1 Å². The van der Waals surface area contributed by atoms with Gasteiger partial charge in [0.2, 0.25) is 0 Å². The van der Waals surface area contributed by atoms with Crippen molar-refractivity contribution in [1.29, 1.82) is 0 Å². The third-order valence-electron chi connectivity index (χ3n) is 2.45. The summed E-state index contributed by atoms with van der Waals surface area (Å²) in [6.07, 6.45) is 3.15. The second-order valence-electron chi connectivity index (χ2n) is 4.25. The molecule has 0 spiro atoms. The van der Waals surface area contributed by atoms with Crippen LogP contribution in [0.1, 0.15) is 18.9 Å². The Hall–Kier alpha value is -1.94. The number of hydrogen-bond acceptors (Lipinski definition) is 3. The summed E-state index contributed by atoms with van der Waals surface area (Å²) in [6, 6.07) is 3.25. The van der Waals surface area contributed by atoms with E-state index < -0.39 is 5.97 Å². The average Bonchev–Trinajstić information content (AvgIpc) is 2.37. The number of aliphatic carboxylic acids is 1. The molecule has 0 saturated heterocycles. The molecule has 0 aliphatic rings. The Morgan fingerprint density at radius 3 is 2.75 bits per heavy atom. The van der Waals surface area contributed by atoms with E-state index in [2.05, 4.69) is 6.58 Å². The fourth-order valence-electron chi connectivity index (χ4n) is 1.51. The fourth-order valence-corrected chi connectivity index (χ4v) is 1.72. The molecule has 1 rings (SSSR count). The topological polar surface area (TPSA) is 55.8 Å². The van der Waals surface area contributed by atoms with Gasteiger partial charge in [-0.3, -0.25) is 0 Å². The Bertz CT molecular complexity index is 535. The van der Waals surface area contributed by atoms with Gasteiger partial charge in [-0.2, -0.15) is 0 Å². The van der Waals surface area contributed by atoms with Crippen LogP contribution in [0.4, 0.5) is 0 Å². The van der Waals surface area contributed by atoms with Crippen LogP contribution in [0.2, 0.25) is 5.02 Å². The van der Waals surface area contributed by atoms with Crippen LogP contribution >= 0.6 is 11.6 Å². The Kier molecular flexibility index (Phi) is 6.12. The lowest BCUT2D eigenvalue weighted by molar-refractivity contribution is -0.131. The standard InChI is InChI=1S/C15H17ClO4/c1-10(2)6-7-20-15-11(4-5-14(17)18)8-12(16)9-13(15)19-3/h4-5,8-9H,1,6-7H2,2-3H3,(H,17,18)/b5-4+. The van der Waals surface area contributed by atoms with Crippen molar-refractivity contribution in [3.8, 4) is 11.5 Å². The van der Waals surface area contributed by atoms with Gasteiger partial charge in [0, 0.05) is 29.1 Å². The summed E-state index contributed by atoms with van der Waals surface area (Å²) in [5, 5.41) is 9.15. The zero-order valence-corrected chi connectivity index (χ0v) is 12.2. The quantitative estimate of drug-likeness (QED) is 0.614. The van der Waals surface area contributed by atoms with Crippen molar-refractivity contribution >= 4 is 23.6 Å². The molecule has 4 nitrogen and oxygen atoms in total. The molecule has 1 N–H and O–H groups in total. The monoisotopic (exact) mass is 296 g/mol. The molecular weight excluding hydrogens is 280 g/mol. The first-order valence-electron chi connectivity index (χ1n) is 5.99. The molecule has 20 heavy (non-hydrogen) atoms. The average molecular weight is 297 g/mol. The minimum atomic E-state index is -1.04. The van der Waals surface area contributed by atoms with Crippen molar-refractivity contribution < 1.29 is 19.4 Å². The van der Waals surface area contributed by atoms with Crippen LogP contribution in [-0.4, -0.2) is 24.8 Å². The van der Waals surface area contributed by atoms with Gasteiger partial charge in [-0.05, 0) is 19.1 Å². The van der Waals surface area contributed by atoms with E-state index in [0.717, 1.165) is 11.6 Å². The third-order valence-corrected chi connectivity index (χ3v) is 2.67. The largest absolute Gasteiger partial charge is 0.493 e. The van der Waals surface area contributed by atoms with Crippen molar-refractivity contribution in [3.05, 3.63) is 40.9 Å². The molecule has 0 aromatic heterocycles. The Balaban J connectivity index is 3.08. The molecule has 0 heterocycles. The summed E-state index contributed by atoms with van der Waals surface area (Å²) >= 11 is 5.97. The Morgan fingerprint density at radius 2 is 2.20 bits per heavy atom. The first kappa shape index (κ1) is 16.1. The minimum Gasteiger partial charge on any atom is -0.493 e. The van der Waals surface area contributed by atoms with E-state index in [1.54, 1.807) is 12.1 Å². The highest BCUT2D eigenvalue weighted by atomic mass is 35.5. The number of carboxylic acid groups (broad SMARTS) is 1. The number of halogens is 1. The number of carboxylic acids is 1. The van der Waals surface area contributed by atoms with Crippen molar-refractivity contribution in [2.24, 2.45) is 0 Å². The number of rotatable bonds is 7. The molecule has 5 heteroatoms. The van der Waals surface area contributed by atoms with Gasteiger partial charge < -0.3 is 14.6 Å². The van der Waals surface area contributed by atoms with Gasteiger partial charge in [-0.1, -0.05) is 17.2 Å². The predicted octanol–water partition coefficient (Wildman–Crippen LogP) is 3.79. The minimum absolute atomic E-state index is 0.432. The van der Waals surface area contributed by atoms with Gasteiger partial charge in [-0.25, -0.2) is 4.79 Å². The van der Waals surface area contributed by atoms with Gasteiger partial charge in [0.1, 0.15) is 0 Å². The second kappa shape index (κ2) is 7.60. The van der Waals surface area contributed by atoms with Crippen molar-refractivity contribution in [1.82, 2.24) is 0 Å². The molecule has 1 aromatic carbocycles. The number of carbonyl (C=O) groups is 1. The molecule has 0 fully saturated rings. The smallest absolute Gasteiger partial charge is 0.328 e. The molecular formula is C15H17ClO4. The maximum Gasteiger partial charge on any atom is 0.328 e. The molecule has 0 saturated carbocycles. The molecule has 1 aromatic rings. The van der Waals surface area contributed by atoms with E-state index in [1.807, 2.05) is 6.92 Å². The van der Waals surface area contributed by atoms with Gasteiger partial charge in [-0.15, -0.1) is 6.58 Å². The maximum absolute atomic E-state index is 10.6. The van der Waals surface area contributed by atoms with Crippen molar-refractivity contribution in [3.63, 3.8) is 0 Å². The van der Waals surface area contributed by atoms with Crippen molar-refractivity contribution in [2.45, 2.75) is 13.3 Å². The highest BCUT2D eigenvalue weighted by Gasteiger charge is 2.11. The molecule has 0 amide bonds. The predicted molar refractivity (Wildman–Crippen MR) is 79.6 cm³/mol. The van der Waals surface area contributed by atoms with Gasteiger partial charge in [0.25, 0.3) is 0 Å². The number of hydrogen-bond donors (Lipinski definition) is 1. The van der Waals surface area contributed by atoms with Crippen LogP contribution in [0.15, 0.2) is 30.4 Å². The molecule has 0 aliphatic carbocycles. The second-order valence-corrected chi connectivity index (χ2v) is 4.69. The zero-order chi connectivity index (χ0) is 15.1. The highest BCUT2D eigenvalue weighted by molar-refractivity contribution is 6.31. The number of ether oxygens (including phenoxy) is 2. The van der Waals surface area contributed by atoms with E-state index in [-0.39, 0.29) is 0 Å². The summed E-state index contributed by atoms with van der Waals surface area (Å²) in [7, 11) is 1.50. The van der Waals surface area contributed by atoms with E-state index in [4.69, 9.17) is 26.2 Å². The first-order chi connectivity index (χ1) is 9.43. The molecule has 0 aliphatic heterocycles. The first-order valence-corrected chi connectivity index (χ1v) is 6.37. The maximum atomic E-state index is 10.6. The third kappa shape index (κ3) is 4.97. The lowest BCUT2D eigenvalue weighted by Gasteiger charge is -2.14. The lowest BCUT2D eigenvalue weighted by atomic mass is 10.1. The van der Waals surface area contributed by atoms with E-state index in [9.17, 15) is 4.79 Å².